The molecule has 0 aliphatic rings. The number of carbonyl (C=O) groups excluding carboxylic acids is 6. The number of hydrogen-bond donors (Lipinski definition) is 2. The number of likely N-dealkylation sites (N-methyl/N-ethyl adjacent to an activating group) is 2. The first-order chi connectivity index (χ1) is 23.7. The van der Waals surface area contributed by atoms with Gasteiger partial charge in [0.25, 0.3) is 0 Å². The summed E-state index contributed by atoms with van der Waals surface area (Å²) in [7, 11) is 6.24. The molecule has 0 saturated heterocycles. The van der Waals surface area contributed by atoms with Crippen molar-refractivity contribution in [2.24, 2.45) is 0 Å². The van der Waals surface area contributed by atoms with Gasteiger partial charge in [0.1, 0.15) is 0 Å². The van der Waals surface area contributed by atoms with Gasteiger partial charge < -0.3 is 39.7 Å². The number of carboxylic acids is 1. The molecule has 0 unspecified atom stereocenters. The van der Waals surface area contributed by atoms with Crippen molar-refractivity contribution in [2.75, 3.05) is 96.3 Å². The molecule has 0 aliphatic carbocycles. The normalized spacial score (nSPS) is 9.56. The zero-order chi connectivity index (χ0) is 38.9. The molecule has 0 aliphatic heterocycles. The molecule has 0 fully saturated rings. The third-order valence-electron chi connectivity index (χ3n) is 6.87. The number of carbonyl (C=O) groups is 7. The average Bonchev–Trinajstić information content (AvgIpc) is 3.12. The largest absolute Gasteiger partial charge is 1.00 e. The summed E-state index contributed by atoms with van der Waals surface area (Å²) in [6.07, 6.45) is 2.75. The van der Waals surface area contributed by atoms with Crippen molar-refractivity contribution in [1.29, 1.82) is 0 Å². The number of rotatable bonds is 24. The van der Waals surface area contributed by atoms with E-state index in [0.717, 1.165) is 5.75 Å². The fourth-order valence-corrected chi connectivity index (χ4v) is 5.58. The molecule has 0 radical (unpaired) electrons. The van der Waals surface area contributed by atoms with Crippen LogP contribution in [0.1, 0.15) is 72.6 Å². The minimum Gasteiger partial charge on any atom is -0.870 e. The minimum atomic E-state index is -0.802. The maximum Gasteiger partial charge on any atom is 1.00 e. The van der Waals surface area contributed by atoms with Gasteiger partial charge in [-0.15, -0.1) is 0 Å². The van der Waals surface area contributed by atoms with E-state index >= 15 is 0 Å². The summed E-state index contributed by atoms with van der Waals surface area (Å²) in [6.45, 7) is 10.6. The number of thiol groups is 1. The van der Waals surface area contributed by atoms with E-state index in [0.29, 0.717) is 101 Å². The number of nitrogens with zero attached hydrogens (tertiary/aromatic N) is 4. The molecule has 0 aromatic carbocycles. The van der Waals surface area contributed by atoms with Crippen LogP contribution in [0.2, 0.25) is 0 Å². The van der Waals surface area contributed by atoms with E-state index < -0.39 is 5.97 Å². The predicted molar refractivity (Wildman–Crippen MR) is 206 cm³/mol. The molecule has 0 spiro atoms. The van der Waals surface area contributed by atoms with Gasteiger partial charge in [0, 0.05) is 108 Å². The Kier molecular flexibility index (Phi) is 46.4. The fraction of sp³-hybridized carbons (Fsp3) is 0.788. The monoisotopic (exact) mass is 810 g/mol. The first-order valence-corrected chi connectivity index (χ1v) is 19.8. The molecular formula is C33H63N4NaO11S3. The molecule has 2 N–H and O–H groups in total. The summed E-state index contributed by atoms with van der Waals surface area (Å²) in [5, 5.41) is 8.55. The number of methoxy groups -OCH3 is 2. The molecule has 0 heterocycles. The Labute approximate surface area is 347 Å². The number of thioether (sulfide) groups is 2. The average molecular weight is 811 g/mol. The first kappa shape index (κ1) is 59.6. The van der Waals surface area contributed by atoms with Crippen LogP contribution in [-0.4, -0.2) is 168 Å². The second-order valence-electron chi connectivity index (χ2n) is 10.6. The van der Waals surface area contributed by atoms with Gasteiger partial charge in [0.05, 0.1) is 33.5 Å². The predicted octanol–water partition coefficient (Wildman–Crippen LogP) is -0.00250. The minimum absolute atomic E-state index is 0. The van der Waals surface area contributed by atoms with Gasteiger partial charge in [-0.1, -0.05) is 27.7 Å². The number of ether oxygens (including phenoxy) is 2. The van der Waals surface area contributed by atoms with Crippen LogP contribution >= 0.6 is 36.2 Å². The number of aliphatic carboxylic acids is 1. The Morgan fingerprint density at radius 2 is 0.904 bits per heavy atom. The molecule has 0 rings (SSSR count). The maximum absolute atomic E-state index is 11.9. The topological polar surface area (TPSA) is 201 Å². The standard InChI is InChI=1S/C15H28N2O4S.C14H26N2O4S.C4H8O2S.Na.H2O/c1-5-13(18)16(3)8-9-17(14(19)6-2)10-12-22-11-7-15(20)21-4;1-4-12(17)15(3)7-8-16(13(18)5-2)9-11-21-10-6-14(19)20;1-6-4(5)2-3-7;;/h5-12H2,1-4H3;4-11H2,1-3H3,(H,19,20);7H,2-3H2,1H3;;1H2/q;;;+1;/p-1. The SMILES string of the molecule is CCC(=O)N(C)CCN(CCSCCC(=O)O)C(=O)CC.CCC(=O)N(C)CCN(CCSCCC(=O)OC)C(=O)CC.COC(=O)CCS.[Na+].[OH-]. The zero-order valence-electron chi connectivity index (χ0n) is 32.8. The second kappa shape index (κ2) is 40.5. The number of hydrogen-bond acceptors (Lipinski definition) is 13. The van der Waals surface area contributed by atoms with E-state index in [9.17, 15) is 33.6 Å². The number of carboxylic acid groups (broad SMARTS) is 1. The van der Waals surface area contributed by atoms with Crippen molar-refractivity contribution in [1.82, 2.24) is 19.6 Å². The van der Waals surface area contributed by atoms with Crippen molar-refractivity contribution in [3.05, 3.63) is 0 Å². The Hall–Kier alpha value is -1.70. The van der Waals surface area contributed by atoms with E-state index in [1.165, 1.54) is 26.0 Å². The van der Waals surface area contributed by atoms with Gasteiger partial charge in [0.2, 0.25) is 23.6 Å². The number of amides is 4. The van der Waals surface area contributed by atoms with Crippen molar-refractivity contribution in [2.45, 2.75) is 72.6 Å². The summed E-state index contributed by atoms with van der Waals surface area (Å²) < 4.78 is 8.88. The van der Waals surface area contributed by atoms with Gasteiger partial charge in [0.15, 0.2) is 0 Å². The summed E-state index contributed by atoms with van der Waals surface area (Å²) in [6, 6.07) is 0. The van der Waals surface area contributed by atoms with E-state index in [4.69, 9.17) is 5.11 Å². The third kappa shape index (κ3) is 35.3. The number of esters is 2. The molecule has 52 heavy (non-hydrogen) atoms. The molecule has 0 bridgehead atoms. The zero-order valence-corrected chi connectivity index (χ0v) is 37.4. The smallest absolute Gasteiger partial charge is 0.870 e. The summed E-state index contributed by atoms with van der Waals surface area (Å²) in [5.74, 6) is 2.37. The van der Waals surface area contributed by atoms with Gasteiger partial charge in [-0.05, 0) is 0 Å². The van der Waals surface area contributed by atoms with E-state index in [2.05, 4.69) is 22.1 Å². The molecule has 15 nitrogen and oxygen atoms in total. The van der Waals surface area contributed by atoms with Gasteiger partial charge in [-0.3, -0.25) is 33.6 Å². The maximum atomic E-state index is 11.9. The molecule has 19 heteroatoms. The van der Waals surface area contributed by atoms with Crippen molar-refractivity contribution >= 4 is 77.7 Å². The molecule has 0 aromatic heterocycles. The first-order valence-electron chi connectivity index (χ1n) is 16.8. The molecular weight excluding hydrogens is 748 g/mol. The molecule has 0 saturated carbocycles. The van der Waals surface area contributed by atoms with Crippen LogP contribution in [-0.2, 0) is 43.0 Å². The Morgan fingerprint density at radius 1 is 0.558 bits per heavy atom. The molecule has 0 atom stereocenters. The molecule has 300 valence electrons. The quantitative estimate of drug-likeness (QED) is 0.0572. The van der Waals surface area contributed by atoms with Gasteiger partial charge in [-0.25, -0.2) is 0 Å². The van der Waals surface area contributed by atoms with Gasteiger partial charge in [-0.2, -0.15) is 36.2 Å². The van der Waals surface area contributed by atoms with Crippen molar-refractivity contribution in [3.63, 3.8) is 0 Å². The Morgan fingerprint density at radius 3 is 1.19 bits per heavy atom. The van der Waals surface area contributed by atoms with Crippen LogP contribution in [0, 0.1) is 0 Å². The summed E-state index contributed by atoms with van der Waals surface area (Å²) >= 11 is 6.96. The summed E-state index contributed by atoms with van der Waals surface area (Å²) in [4.78, 5) is 85.1. The van der Waals surface area contributed by atoms with Crippen LogP contribution in [0.3, 0.4) is 0 Å². The van der Waals surface area contributed by atoms with Crippen LogP contribution in [0.25, 0.3) is 0 Å². The second-order valence-corrected chi connectivity index (χ2v) is 13.4. The van der Waals surface area contributed by atoms with E-state index in [-0.39, 0.29) is 77.0 Å². The van der Waals surface area contributed by atoms with E-state index in [1.807, 2.05) is 27.7 Å². The van der Waals surface area contributed by atoms with Crippen LogP contribution in [0.15, 0.2) is 0 Å². The molecule has 0 aromatic rings. The fourth-order valence-electron chi connectivity index (χ4n) is 3.66. The summed E-state index contributed by atoms with van der Waals surface area (Å²) in [5.41, 5.74) is 0. The van der Waals surface area contributed by atoms with Crippen molar-refractivity contribution in [3.8, 4) is 0 Å². The third-order valence-corrected chi connectivity index (χ3v) is 9.02. The van der Waals surface area contributed by atoms with E-state index in [1.54, 1.807) is 45.5 Å². The molecule has 4 amide bonds. The van der Waals surface area contributed by atoms with Crippen LogP contribution < -0.4 is 29.6 Å². The van der Waals surface area contributed by atoms with Crippen LogP contribution in [0.5, 0.6) is 0 Å². The van der Waals surface area contributed by atoms with Crippen LogP contribution in [0.4, 0.5) is 0 Å². The Balaban J connectivity index is -0.000000232. The van der Waals surface area contributed by atoms with Gasteiger partial charge >= 0.3 is 47.5 Å². The Bertz CT molecular complexity index is 1000. The van der Waals surface area contributed by atoms with Crippen molar-refractivity contribution < 1.29 is 83.2 Å².